The lowest BCUT2D eigenvalue weighted by Crippen LogP contribution is -2.63. The van der Waals surface area contributed by atoms with E-state index >= 15 is 0 Å². The average Bonchev–Trinajstić information content (AvgIpc) is 2.51. The van der Waals surface area contributed by atoms with E-state index in [0.29, 0.717) is 13.1 Å². The summed E-state index contributed by atoms with van der Waals surface area (Å²) in [6.07, 6.45) is 2.01. The Morgan fingerprint density at radius 3 is 2.38 bits per heavy atom. The number of carbonyl (C=O) groups excluding carboxylic acids is 1. The molecule has 1 aliphatic heterocycles. The number of unbranched alkanes of at least 4 members (excludes halogenated alkanes) is 1. The molecule has 0 aromatic heterocycles. The molecule has 0 spiro atoms. The van der Waals surface area contributed by atoms with Gasteiger partial charge in [-0.3, -0.25) is 4.99 Å². The Morgan fingerprint density at radius 2 is 1.85 bits per heavy atom. The van der Waals surface area contributed by atoms with Crippen LogP contribution in [0.15, 0.2) is 4.99 Å². The van der Waals surface area contributed by atoms with Crippen molar-refractivity contribution in [2.75, 3.05) is 45.8 Å². The van der Waals surface area contributed by atoms with Crippen molar-refractivity contribution in [3.05, 3.63) is 0 Å². The Labute approximate surface area is 159 Å². The summed E-state index contributed by atoms with van der Waals surface area (Å²) < 4.78 is 5.38. The third-order valence-corrected chi connectivity index (χ3v) is 4.27. The molecule has 7 nitrogen and oxygen atoms in total. The largest absolute Gasteiger partial charge is 0.444 e. The number of ether oxygens (including phenoxy) is 1. The molecule has 0 atom stereocenters. The number of hydrogen-bond donors (Lipinski definition) is 2. The minimum absolute atomic E-state index is 0.232. The molecule has 26 heavy (non-hydrogen) atoms. The van der Waals surface area contributed by atoms with Gasteiger partial charge in [0.05, 0.1) is 6.04 Å². The minimum Gasteiger partial charge on any atom is -0.444 e. The molecular weight excluding hydrogens is 330 g/mol. The van der Waals surface area contributed by atoms with Gasteiger partial charge in [0.15, 0.2) is 5.96 Å². The molecule has 1 heterocycles. The monoisotopic (exact) mass is 369 g/mol. The molecule has 1 rings (SSSR count). The molecule has 1 fully saturated rings. The molecule has 0 saturated carbocycles. The molecule has 152 valence electrons. The van der Waals surface area contributed by atoms with E-state index < -0.39 is 5.60 Å². The average molecular weight is 370 g/mol. The van der Waals surface area contributed by atoms with E-state index in [-0.39, 0.29) is 12.1 Å². The summed E-state index contributed by atoms with van der Waals surface area (Å²) in [5.74, 6) is 0.837. The van der Waals surface area contributed by atoms with Crippen LogP contribution in [0, 0.1) is 0 Å². The van der Waals surface area contributed by atoms with E-state index in [1.807, 2.05) is 20.8 Å². The number of rotatable bonds is 9. The van der Waals surface area contributed by atoms with Gasteiger partial charge in [-0.2, -0.15) is 0 Å². The Balaban J connectivity index is 2.30. The zero-order chi connectivity index (χ0) is 19.6. The van der Waals surface area contributed by atoms with Gasteiger partial charge in [-0.25, -0.2) is 4.79 Å². The van der Waals surface area contributed by atoms with Crippen LogP contribution in [0.5, 0.6) is 0 Å². The van der Waals surface area contributed by atoms with Gasteiger partial charge in [0.1, 0.15) is 5.60 Å². The fourth-order valence-corrected chi connectivity index (χ4v) is 2.74. The smallest absolute Gasteiger partial charge is 0.410 e. The van der Waals surface area contributed by atoms with Gasteiger partial charge >= 0.3 is 6.09 Å². The Hall–Kier alpha value is -1.50. The summed E-state index contributed by atoms with van der Waals surface area (Å²) in [5.41, 5.74) is -0.447. The summed E-state index contributed by atoms with van der Waals surface area (Å²) in [7, 11) is 0. The third kappa shape index (κ3) is 8.74. The summed E-state index contributed by atoms with van der Waals surface area (Å²) in [6.45, 7) is 18.4. The first-order valence-electron chi connectivity index (χ1n) is 10.0. The van der Waals surface area contributed by atoms with Gasteiger partial charge < -0.3 is 25.2 Å². The van der Waals surface area contributed by atoms with Crippen LogP contribution < -0.4 is 10.6 Å². The van der Waals surface area contributed by atoms with Crippen LogP contribution in [-0.2, 0) is 4.74 Å². The third-order valence-electron chi connectivity index (χ3n) is 4.27. The Kier molecular flexibility index (Phi) is 9.76. The maximum absolute atomic E-state index is 12.0. The lowest BCUT2D eigenvalue weighted by Gasteiger charge is -2.40. The highest BCUT2D eigenvalue weighted by atomic mass is 16.6. The highest BCUT2D eigenvalue weighted by Crippen LogP contribution is 2.15. The van der Waals surface area contributed by atoms with Gasteiger partial charge in [0, 0.05) is 26.2 Å². The minimum atomic E-state index is -0.447. The van der Waals surface area contributed by atoms with Crippen LogP contribution in [-0.4, -0.2) is 79.3 Å². The molecule has 7 heteroatoms. The maximum Gasteiger partial charge on any atom is 0.410 e. The molecule has 1 amide bonds. The quantitative estimate of drug-likeness (QED) is 0.371. The summed E-state index contributed by atoms with van der Waals surface area (Å²) in [4.78, 5) is 20.8. The Morgan fingerprint density at radius 1 is 1.19 bits per heavy atom. The molecule has 0 aromatic rings. The van der Waals surface area contributed by atoms with E-state index in [2.05, 4.69) is 41.3 Å². The normalized spacial score (nSPS) is 15.8. The van der Waals surface area contributed by atoms with Crippen LogP contribution in [0.2, 0.25) is 0 Å². The lowest BCUT2D eigenvalue weighted by atomic mass is 10.1. The number of aliphatic imine (C=N–C) groups is 1. The second-order valence-corrected chi connectivity index (χ2v) is 7.72. The number of hydrogen-bond acceptors (Lipinski definition) is 4. The van der Waals surface area contributed by atoms with Crippen LogP contribution in [0.25, 0.3) is 0 Å². The molecule has 0 unspecified atom stereocenters. The standard InChI is InChI=1S/C19H39N5O2/c1-7-20-17(21-12-10-11-13-23(8-2)9-3)22-16-14-24(15-16)18(25)26-19(4,5)6/h16H,7-15H2,1-6H3,(H2,20,21,22). The summed E-state index contributed by atoms with van der Waals surface area (Å²) in [5, 5.41) is 6.68. The van der Waals surface area contributed by atoms with Crippen LogP contribution in [0.4, 0.5) is 4.79 Å². The zero-order valence-corrected chi connectivity index (χ0v) is 17.6. The molecule has 0 aliphatic carbocycles. The second-order valence-electron chi connectivity index (χ2n) is 7.72. The molecule has 2 N–H and O–H groups in total. The molecule has 0 bridgehead atoms. The highest BCUT2D eigenvalue weighted by Gasteiger charge is 2.34. The first-order chi connectivity index (χ1) is 12.3. The van der Waals surface area contributed by atoms with Gasteiger partial charge in [-0.05, 0) is 60.2 Å². The fraction of sp³-hybridized carbons (Fsp3) is 0.895. The van der Waals surface area contributed by atoms with Gasteiger partial charge in [-0.15, -0.1) is 0 Å². The van der Waals surface area contributed by atoms with Crippen LogP contribution in [0.1, 0.15) is 54.4 Å². The summed E-state index contributed by atoms with van der Waals surface area (Å²) in [6, 6.07) is 0.232. The van der Waals surface area contributed by atoms with E-state index in [4.69, 9.17) is 4.74 Å². The zero-order valence-electron chi connectivity index (χ0n) is 17.6. The Bertz CT molecular complexity index is 438. The van der Waals surface area contributed by atoms with Gasteiger partial charge in [0.2, 0.25) is 0 Å². The molecule has 1 aliphatic rings. The fourth-order valence-electron chi connectivity index (χ4n) is 2.74. The molecule has 1 saturated heterocycles. The number of amides is 1. The number of guanidine groups is 1. The van der Waals surface area contributed by atoms with Crippen molar-refractivity contribution in [3.63, 3.8) is 0 Å². The SMILES string of the molecule is CCNC(=NCCCCN(CC)CC)NC1CN(C(=O)OC(C)(C)C)C1. The molecule has 0 aromatic carbocycles. The topological polar surface area (TPSA) is 69.2 Å². The van der Waals surface area contributed by atoms with Crippen LogP contribution in [0.3, 0.4) is 0 Å². The van der Waals surface area contributed by atoms with Crippen molar-refractivity contribution >= 4 is 12.1 Å². The van der Waals surface area contributed by atoms with E-state index in [1.54, 1.807) is 4.90 Å². The second kappa shape index (κ2) is 11.3. The van der Waals surface area contributed by atoms with Crippen molar-refractivity contribution in [3.8, 4) is 0 Å². The van der Waals surface area contributed by atoms with E-state index in [0.717, 1.165) is 45.1 Å². The molecular formula is C19H39N5O2. The number of nitrogens with zero attached hydrogens (tertiary/aromatic N) is 3. The first kappa shape index (κ1) is 22.5. The number of nitrogens with one attached hydrogen (secondary N) is 2. The van der Waals surface area contributed by atoms with Crippen molar-refractivity contribution in [1.29, 1.82) is 0 Å². The lowest BCUT2D eigenvalue weighted by molar-refractivity contribution is 0.00701. The highest BCUT2D eigenvalue weighted by molar-refractivity contribution is 5.80. The predicted molar refractivity (Wildman–Crippen MR) is 108 cm³/mol. The number of carbonyl (C=O) groups is 1. The van der Waals surface area contributed by atoms with Gasteiger partial charge in [0.25, 0.3) is 0 Å². The first-order valence-corrected chi connectivity index (χ1v) is 10.0. The number of likely N-dealkylation sites (tertiary alicyclic amines) is 1. The van der Waals surface area contributed by atoms with E-state index in [9.17, 15) is 4.79 Å². The maximum atomic E-state index is 12.0. The van der Waals surface area contributed by atoms with Crippen LogP contribution >= 0.6 is 0 Å². The van der Waals surface area contributed by atoms with Crippen molar-refractivity contribution in [1.82, 2.24) is 20.4 Å². The van der Waals surface area contributed by atoms with Crippen molar-refractivity contribution < 1.29 is 9.53 Å². The van der Waals surface area contributed by atoms with Gasteiger partial charge in [-0.1, -0.05) is 13.8 Å². The van der Waals surface area contributed by atoms with E-state index in [1.165, 1.54) is 6.42 Å². The summed E-state index contributed by atoms with van der Waals surface area (Å²) >= 11 is 0. The predicted octanol–water partition coefficient (Wildman–Crippen LogP) is 2.28. The van der Waals surface area contributed by atoms with Crippen molar-refractivity contribution in [2.24, 2.45) is 4.99 Å². The molecule has 0 radical (unpaired) electrons. The van der Waals surface area contributed by atoms with Crippen molar-refractivity contribution in [2.45, 2.75) is 66.0 Å².